The molecule has 0 saturated carbocycles. The summed E-state index contributed by atoms with van der Waals surface area (Å²) in [6.07, 6.45) is 1.55. The highest BCUT2D eigenvalue weighted by atomic mass is 32.1. The van der Waals surface area contributed by atoms with Gasteiger partial charge in [-0.15, -0.1) is 11.3 Å². The molecule has 2 atom stereocenters. The molecule has 0 fully saturated rings. The number of nitrogens with zero attached hydrogens (tertiary/aromatic N) is 5. The number of rotatable bonds is 3. The smallest absolute Gasteiger partial charge is 0.239 e. The van der Waals surface area contributed by atoms with Crippen LogP contribution in [0.4, 0.5) is 0 Å². The van der Waals surface area contributed by atoms with Crippen LogP contribution in [0.25, 0.3) is 11.1 Å². The summed E-state index contributed by atoms with van der Waals surface area (Å²) >= 11 is 1.49. The number of benzene rings is 1. The number of guanidine groups is 1. The van der Waals surface area contributed by atoms with Gasteiger partial charge in [-0.3, -0.25) is 9.69 Å². The van der Waals surface area contributed by atoms with E-state index in [1.807, 2.05) is 42.6 Å². The molecule has 3 aromatic rings. The fraction of sp³-hybridized carbons (Fsp3) is 0.174. The van der Waals surface area contributed by atoms with Gasteiger partial charge >= 0.3 is 0 Å². The second-order valence-electron chi connectivity index (χ2n) is 7.43. The molecule has 2 N–H and O–H groups in total. The van der Waals surface area contributed by atoms with E-state index in [4.69, 9.17) is 16.0 Å². The number of amides is 1. The molecule has 4 rings (SSSR count). The summed E-state index contributed by atoms with van der Waals surface area (Å²) < 4.78 is 0. The van der Waals surface area contributed by atoms with Gasteiger partial charge in [0, 0.05) is 18.1 Å². The van der Waals surface area contributed by atoms with Crippen LogP contribution in [0.2, 0.25) is 0 Å². The van der Waals surface area contributed by atoms with E-state index in [0.717, 1.165) is 16.0 Å². The van der Waals surface area contributed by atoms with Gasteiger partial charge in [-0.2, -0.15) is 10.5 Å². The highest BCUT2D eigenvalue weighted by Crippen LogP contribution is 2.46. The molecule has 8 heteroatoms. The topological polar surface area (TPSA) is 119 Å². The molecule has 0 aliphatic carbocycles. The van der Waals surface area contributed by atoms with Gasteiger partial charge in [0.15, 0.2) is 5.96 Å². The van der Waals surface area contributed by atoms with Crippen molar-refractivity contribution in [2.24, 2.45) is 10.7 Å². The van der Waals surface area contributed by atoms with E-state index < -0.39 is 11.5 Å². The van der Waals surface area contributed by atoms with Crippen LogP contribution in [0.15, 0.2) is 59.0 Å². The Hall–Kier alpha value is -4.01. The predicted octanol–water partition coefficient (Wildman–Crippen LogP) is 3.34. The minimum atomic E-state index is -0.945. The maximum absolute atomic E-state index is 13.3. The highest BCUT2D eigenvalue weighted by molar-refractivity contribution is 7.10. The first-order valence-corrected chi connectivity index (χ1v) is 10.3. The quantitative estimate of drug-likeness (QED) is 0.689. The van der Waals surface area contributed by atoms with E-state index in [-0.39, 0.29) is 17.6 Å². The summed E-state index contributed by atoms with van der Waals surface area (Å²) in [5, 5.41) is 20.2. The van der Waals surface area contributed by atoms with Crippen molar-refractivity contribution >= 4 is 23.2 Å². The van der Waals surface area contributed by atoms with Crippen molar-refractivity contribution in [3.63, 3.8) is 0 Å². The lowest BCUT2D eigenvalue weighted by Gasteiger charge is -2.39. The first-order valence-electron chi connectivity index (χ1n) is 9.46. The Morgan fingerprint density at radius 1 is 1.16 bits per heavy atom. The number of nitrogens with two attached hydrogens (primary N) is 1. The van der Waals surface area contributed by atoms with Crippen LogP contribution < -0.4 is 5.73 Å². The summed E-state index contributed by atoms with van der Waals surface area (Å²) in [5.74, 6) is -0.697. The molecule has 0 unspecified atom stereocenters. The number of hydrogen-bond donors (Lipinski definition) is 1. The second kappa shape index (κ2) is 7.67. The van der Waals surface area contributed by atoms with Crippen LogP contribution in [0.3, 0.4) is 0 Å². The van der Waals surface area contributed by atoms with Gasteiger partial charge in [0.05, 0.1) is 17.6 Å². The van der Waals surface area contributed by atoms with E-state index in [1.54, 1.807) is 31.4 Å². The third kappa shape index (κ3) is 3.43. The SMILES string of the molecule is CN1C(=O)[C@H](c2ccc(C#N)nc2)[C@@](C)(c2cc(-c3cccc(C#N)c3)cs2)N=C1N. The summed E-state index contributed by atoms with van der Waals surface area (Å²) in [4.78, 5) is 24.4. The molecule has 31 heavy (non-hydrogen) atoms. The Bertz CT molecular complexity index is 1280. The molecule has 1 aromatic carbocycles. The fourth-order valence-corrected chi connectivity index (χ4v) is 4.81. The summed E-state index contributed by atoms with van der Waals surface area (Å²) in [6.45, 7) is 1.88. The number of thiophene rings is 1. The molecule has 0 saturated heterocycles. The molecule has 2 aromatic heterocycles. The Morgan fingerprint density at radius 2 is 1.97 bits per heavy atom. The van der Waals surface area contributed by atoms with Gasteiger partial charge in [0.2, 0.25) is 5.91 Å². The zero-order chi connectivity index (χ0) is 22.2. The summed E-state index contributed by atoms with van der Waals surface area (Å²) in [7, 11) is 1.60. The molecule has 3 heterocycles. The average Bonchev–Trinajstić information content (AvgIpc) is 3.29. The number of aliphatic imine (C=N–C) groups is 1. The molecule has 0 spiro atoms. The number of nitriles is 2. The van der Waals surface area contributed by atoms with Gasteiger partial charge in [0.1, 0.15) is 17.3 Å². The van der Waals surface area contributed by atoms with Gasteiger partial charge in [0.25, 0.3) is 0 Å². The van der Waals surface area contributed by atoms with Crippen LogP contribution in [-0.4, -0.2) is 28.8 Å². The Morgan fingerprint density at radius 3 is 2.65 bits per heavy atom. The normalized spacial score (nSPS) is 20.6. The Kier molecular flexibility index (Phi) is 5.02. The predicted molar refractivity (Wildman–Crippen MR) is 118 cm³/mol. The third-order valence-corrected chi connectivity index (χ3v) is 6.64. The fourth-order valence-electron chi connectivity index (χ4n) is 3.75. The van der Waals surface area contributed by atoms with Crippen molar-refractivity contribution in [3.8, 4) is 23.3 Å². The lowest BCUT2D eigenvalue weighted by Crippen LogP contribution is -2.52. The van der Waals surface area contributed by atoms with Crippen molar-refractivity contribution in [3.05, 3.63) is 75.7 Å². The van der Waals surface area contributed by atoms with E-state index in [9.17, 15) is 10.1 Å². The van der Waals surface area contributed by atoms with Crippen LogP contribution in [0, 0.1) is 22.7 Å². The van der Waals surface area contributed by atoms with Crippen LogP contribution >= 0.6 is 11.3 Å². The Labute approximate surface area is 183 Å². The molecule has 152 valence electrons. The minimum Gasteiger partial charge on any atom is -0.369 e. The first-order chi connectivity index (χ1) is 14.9. The van der Waals surface area contributed by atoms with Crippen LogP contribution in [0.5, 0.6) is 0 Å². The van der Waals surface area contributed by atoms with Crippen LogP contribution in [0.1, 0.15) is 34.5 Å². The minimum absolute atomic E-state index is 0.145. The molecule has 1 amide bonds. The van der Waals surface area contributed by atoms with Crippen molar-refractivity contribution in [2.75, 3.05) is 7.05 Å². The third-order valence-electron chi connectivity index (χ3n) is 5.49. The van der Waals surface area contributed by atoms with Crippen molar-refractivity contribution in [2.45, 2.75) is 18.4 Å². The zero-order valence-corrected chi connectivity index (χ0v) is 17.7. The number of pyridine rings is 1. The summed E-state index contributed by atoms with van der Waals surface area (Å²) in [6, 6.07) is 16.8. The molecule has 1 aliphatic heterocycles. The monoisotopic (exact) mass is 426 g/mol. The van der Waals surface area contributed by atoms with Gasteiger partial charge in [-0.1, -0.05) is 18.2 Å². The molecule has 0 bridgehead atoms. The molecule has 1 aliphatic rings. The van der Waals surface area contributed by atoms with Crippen LogP contribution in [-0.2, 0) is 10.3 Å². The highest BCUT2D eigenvalue weighted by Gasteiger charge is 2.48. The number of carbonyl (C=O) groups excluding carboxylic acids is 1. The first kappa shape index (κ1) is 20.3. The number of carbonyl (C=O) groups is 1. The van der Waals surface area contributed by atoms with E-state index >= 15 is 0 Å². The lowest BCUT2D eigenvalue weighted by molar-refractivity contribution is -0.130. The lowest BCUT2D eigenvalue weighted by atomic mass is 9.78. The van der Waals surface area contributed by atoms with Crippen molar-refractivity contribution < 1.29 is 4.79 Å². The van der Waals surface area contributed by atoms with Crippen molar-refractivity contribution in [1.82, 2.24) is 9.88 Å². The summed E-state index contributed by atoms with van der Waals surface area (Å²) in [5.41, 5.74) is 8.52. The van der Waals surface area contributed by atoms with Crippen molar-refractivity contribution in [1.29, 1.82) is 10.5 Å². The molecule has 7 nitrogen and oxygen atoms in total. The van der Waals surface area contributed by atoms with E-state index in [0.29, 0.717) is 11.1 Å². The second-order valence-corrected chi connectivity index (χ2v) is 8.34. The Balaban J connectivity index is 1.83. The number of hydrogen-bond acceptors (Lipinski definition) is 7. The molecular weight excluding hydrogens is 408 g/mol. The maximum atomic E-state index is 13.3. The molecule has 0 radical (unpaired) electrons. The molecular formula is C23H18N6OS. The largest absolute Gasteiger partial charge is 0.369 e. The van der Waals surface area contributed by atoms with Gasteiger partial charge < -0.3 is 5.73 Å². The number of aromatic nitrogens is 1. The average molecular weight is 427 g/mol. The van der Waals surface area contributed by atoms with E-state index in [2.05, 4.69) is 11.1 Å². The van der Waals surface area contributed by atoms with Gasteiger partial charge in [-0.05, 0) is 53.3 Å². The standard InChI is InChI=1S/C23H18N6OS/c1-23(19-9-17(13-31-19)15-5-3-4-14(8-15)10-24)20(21(30)29(2)22(26)28-23)16-6-7-18(11-25)27-12-16/h3-9,12-13,20H,1-2H3,(H2,26,28)/t20-,23+/m0/s1. The maximum Gasteiger partial charge on any atom is 0.239 e. The zero-order valence-electron chi connectivity index (χ0n) is 16.9. The number of likely N-dealkylation sites (N-methyl/N-ethyl adjacent to an activating group) is 1. The van der Waals surface area contributed by atoms with Gasteiger partial charge in [-0.25, -0.2) is 9.98 Å². The van der Waals surface area contributed by atoms with E-state index in [1.165, 1.54) is 16.2 Å².